The van der Waals surface area contributed by atoms with Gasteiger partial charge >= 0.3 is 0 Å². The highest BCUT2D eigenvalue weighted by molar-refractivity contribution is 5.85. The average molecular weight is 373 g/mol. The largest absolute Gasteiger partial charge is 0.342 e. The van der Waals surface area contributed by atoms with Gasteiger partial charge in [0.15, 0.2) is 0 Å². The summed E-state index contributed by atoms with van der Waals surface area (Å²) in [6, 6.07) is 5.66. The number of aryl methyl sites for hydroxylation is 1. The van der Waals surface area contributed by atoms with Crippen molar-refractivity contribution < 1.29 is 13.6 Å². The van der Waals surface area contributed by atoms with Gasteiger partial charge in [0.2, 0.25) is 5.91 Å². The Labute approximate surface area is 158 Å². The molecule has 1 aliphatic carbocycles. The van der Waals surface area contributed by atoms with Crippen LogP contribution in [0.5, 0.6) is 0 Å². The van der Waals surface area contributed by atoms with Crippen LogP contribution < -0.4 is 0 Å². The van der Waals surface area contributed by atoms with E-state index in [1.54, 1.807) is 6.20 Å². The van der Waals surface area contributed by atoms with Gasteiger partial charge in [0.25, 0.3) is 0 Å². The Morgan fingerprint density at radius 2 is 2.15 bits per heavy atom. The predicted octanol–water partition coefficient (Wildman–Crippen LogP) is 3.81. The molecule has 27 heavy (non-hydrogen) atoms. The van der Waals surface area contributed by atoms with Crippen LogP contribution in [0.3, 0.4) is 0 Å². The lowest BCUT2D eigenvalue weighted by Crippen LogP contribution is -2.45. The van der Waals surface area contributed by atoms with Gasteiger partial charge < -0.3 is 4.90 Å². The molecule has 1 saturated carbocycles. The number of carbonyl (C=O) groups excluding carboxylic acids is 1. The SMILES string of the molecule is O=C(N1CCC[C@@H](CCc2ccc(F)cc2F)C1)C1(Cn2cccn2)CC1. The van der Waals surface area contributed by atoms with Crippen molar-refractivity contribution in [3.63, 3.8) is 0 Å². The lowest BCUT2D eigenvalue weighted by Gasteiger charge is -2.35. The number of halogens is 2. The standard InChI is InChI=1S/C21H25F2N3O/c22-18-7-6-17(19(23)13-18)5-4-16-3-1-11-25(14-16)20(27)21(8-9-21)15-26-12-2-10-24-26/h2,6-7,10,12-13,16H,1,3-5,8-9,11,14-15H2/t16-/m0/s1. The van der Waals surface area contributed by atoms with Gasteiger partial charge in [-0.25, -0.2) is 8.78 Å². The second-order valence-electron chi connectivity index (χ2n) is 8.02. The first-order valence-corrected chi connectivity index (χ1v) is 9.76. The summed E-state index contributed by atoms with van der Waals surface area (Å²) in [5.74, 6) is -0.407. The van der Waals surface area contributed by atoms with Crippen LogP contribution in [-0.2, 0) is 17.8 Å². The summed E-state index contributed by atoms with van der Waals surface area (Å²) in [5.41, 5.74) is 0.272. The molecular weight excluding hydrogens is 348 g/mol. The third-order valence-corrected chi connectivity index (χ3v) is 5.97. The highest BCUT2D eigenvalue weighted by atomic mass is 19.1. The van der Waals surface area contributed by atoms with Crippen molar-refractivity contribution in [1.82, 2.24) is 14.7 Å². The van der Waals surface area contributed by atoms with E-state index >= 15 is 0 Å². The number of amides is 1. The van der Waals surface area contributed by atoms with E-state index < -0.39 is 11.6 Å². The minimum Gasteiger partial charge on any atom is -0.342 e. The molecule has 1 atom stereocenters. The number of rotatable bonds is 6. The van der Waals surface area contributed by atoms with Gasteiger partial charge in [0, 0.05) is 31.5 Å². The predicted molar refractivity (Wildman–Crippen MR) is 97.9 cm³/mol. The van der Waals surface area contributed by atoms with Crippen LogP contribution >= 0.6 is 0 Å². The van der Waals surface area contributed by atoms with Gasteiger partial charge in [-0.2, -0.15) is 5.10 Å². The second-order valence-corrected chi connectivity index (χ2v) is 8.02. The van der Waals surface area contributed by atoms with E-state index in [-0.39, 0.29) is 11.3 Å². The number of likely N-dealkylation sites (tertiary alicyclic amines) is 1. The molecule has 0 radical (unpaired) electrons. The first-order valence-electron chi connectivity index (χ1n) is 9.76. The molecule has 0 N–H and O–H groups in total. The molecule has 2 aromatic rings. The van der Waals surface area contributed by atoms with Crippen molar-refractivity contribution in [3.8, 4) is 0 Å². The molecule has 1 saturated heterocycles. The first kappa shape index (κ1) is 18.1. The highest BCUT2D eigenvalue weighted by Crippen LogP contribution is 2.49. The van der Waals surface area contributed by atoms with Crippen molar-refractivity contribution in [2.24, 2.45) is 11.3 Å². The van der Waals surface area contributed by atoms with Gasteiger partial charge in [-0.3, -0.25) is 9.48 Å². The summed E-state index contributed by atoms with van der Waals surface area (Å²) < 4.78 is 28.7. The van der Waals surface area contributed by atoms with Crippen LogP contribution in [0.25, 0.3) is 0 Å². The Balaban J connectivity index is 1.34. The normalized spacial score (nSPS) is 21.3. The molecule has 2 heterocycles. The number of aromatic nitrogens is 2. The number of carbonyl (C=O) groups is 1. The van der Waals surface area contributed by atoms with Gasteiger partial charge in [0.05, 0.1) is 12.0 Å². The van der Waals surface area contributed by atoms with Crippen molar-refractivity contribution in [3.05, 3.63) is 53.9 Å². The second kappa shape index (κ2) is 7.41. The summed E-state index contributed by atoms with van der Waals surface area (Å²) in [7, 11) is 0. The smallest absolute Gasteiger partial charge is 0.230 e. The molecule has 4 nitrogen and oxygen atoms in total. The van der Waals surface area contributed by atoms with E-state index in [0.717, 1.165) is 51.3 Å². The Hall–Kier alpha value is -2.24. The summed E-state index contributed by atoms with van der Waals surface area (Å²) >= 11 is 0. The van der Waals surface area contributed by atoms with Crippen LogP contribution in [0.4, 0.5) is 8.78 Å². The fraction of sp³-hybridized carbons (Fsp3) is 0.524. The average Bonchev–Trinajstić information content (AvgIpc) is 3.26. The van der Waals surface area contributed by atoms with Crippen molar-refractivity contribution in [1.29, 1.82) is 0 Å². The van der Waals surface area contributed by atoms with Crippen LogP contribution in [0, 0.1) is 23.0 Å². The van der Waals surface area contributed by atoms with E-state index in [0.29, 0.717) is 24.4 Å². The summed E-state index contributed by atoms with van der Waals surface area (Å²) in [4.78, 5) is 15.1. The highest BCUT2D eigenvalue weighted by Gasteiger charge is 2.52. The Bertz CT molecular complexity index is 802. The zero-order chi connectivity index (χ0) is 18.9. The number of piperidine rings is 1. The van der Waals surface area contributed by atoms with E-state index in [4.69, 9.17) is 0 Å². The fourth-order valence-corrected chi connectivity index (χ4v) is 4.20. The minimum atomic E-state index is -0.544. The molecule has 144 valence electrons. The Morgan fingerprint density at radius 1 is 1.30 bits per heavy atom. The van der Waals surface area contributed by atoms with Crippen LogP contribution in [0.1, 0.15) is 37.7 Å². The molecule has 2 aliphatic rings. The lowest BCUT2D eigenvalue weighted by molar-refractivity contribution is -0.139. The number of benzene rings is 1. The topological polar surface area (TPSA) is 38.1 Å². The Morgan fingerprint density at radius 3 is 2.85 bits per heavy atom. The fourth-order valence-electron chi connectivity index (χ4n) is 4.20. The molecule has 0 unspecified atom stereocenters. The van der Waals surface area contributed by atoms with Crippen LogP contribution in [-0.4, -0.2) is 33.7 Å². The molecule has 2 fully saturated rings. The monoisotopic (exact) mass is 373 g/mol. The van der Waals surface area contributed by atoms with Gasteiger partial charge in [-0.05, 0) is 62.1 Å². The maximum atomic E-state index is 13.8. The zero-order valence-electron chi connectivity index (χ0n) is 15.4. The van der Waals surface area contributed by atoms with Crippen molar-refractivity contribution >= 4 is 5.91 Å². The van der Waals surface area contributed by atoms with Gasteiger partial charge in [0.1, 0.15) is 11.6 Å². The lowest BCUT2D eigenvalue weighted by atomic mass is 9.90. The number of nitrogens with zero attached hydrogens (tertiary/aromatic N) is 3. The molecule has 6 heteroatoms. The maximum Gasteiger partial charge on any atom is 0.230 e. The molecule has 1 aromatic heterocycles. The van der Waals surface area contributed by atoms with Gasteiger partial charge in [-0.15, -0.1) is 0 Å². The zero-order valence-corrected chi connectivity index (χ0v) is 15.4. The van der Waals surface area contributed by atoms with Gasteiger partial charge in [-0.1, -0.05) is 6.07 Å². The van der Waals surface area contributed by atoms with Crippen molar-refractivity contribution in [2.45, 2.75) is 45.1 Å². The summed E-state index contributed by atoms with van der Waals surface area (Å²) in [6.45, 7) is 2.20. The summed E-state index contributed by atoms with van der Waals surface area (Å²) in [6.07, 6.45) is 8.94. The first-order chi connectivity index (χ1) is 13.1. The van der Waals surface area contributed by atoms with Crippen molar-refractivity contribution in [2.75, 3.05) is 13.1 Å². The molecular formula is C21H25F2N3O. The molecule has 1 amide bonds. The van der Waals surface area contributed by atoms with E-state index in [1.165, 1.54) is 12.1 Å². The third kappa shape index (κ3) is 4.04. The molecule has 1 aromatic carbocycles. The number of hydrogen-bond donors (Lipinski definition) is 0. The van der Waals surface area contributed by atoms with Crippen LogP contribution in [0.2, 0.25) is 0 Å². The number of hydrogen-bond acceptors (Lipinski definition) is 2. The molecule has 4 rings (SSSR count). The van der Waals surface area contributed by atoms with E-state index in [9.17, 15) is 13.6 Å². The summed E-state index contributed by atoms with van der Waals surface area (Å²) in [5, 5.41) is 4.25. The molecule has 0 bridgehead atoms. The van der Waals surface area contributed by atoms with E-state index in [2.05, 4.69) is 5.10 Å². The maximum absolute atomic E-state index is 13.8. The third-order valence-electron chi connectivity index (χ3n) is 5.97. The Kier molecular flexibility index (Phi) is 4.98. The van der Waals surface area contributed by atoms with E-state index in [1.807, 2.05) is 21.8 Å². The quantitative estimate of drug-likeness (QED) is 0.772. The van der Waals surface area contributed by atoms with Crippen LogP contribution in [0.15, 0.2) is 36.7 Å². The molecule has 1 aliphatic heterocycles. The minimum absolute atomic E-state index is 0.246. The molecule has 0 spiro atoms.